The highest BCUT2D eigenvalue weighted by Crippen LogP contribution is 2.14. The maximum atomic E-state index is 11.0. The van der Waals surface area contributed by atoms with Crippen LogP contribution in [0.5, 0.6) is 0 Å². The summed E-state index contributed by atoms with van der Waals surface area (Å²) in [6.07, 6.45) is 1.08. The Bertz CT molecular complexity index is 491. The van der Waals surface area contributed by atoms with Gasteiger partial charge in [-0.3, -0.25) is 4.79 Å². The molecular formula is C18H22O2. The van der Waals surface area contributed by atoms with E-state index in [1.807, 2.05) is 74.5 Å². The predicted octanol–water partition coefficient (Wildman–Crippen LogP) is 4.41. The standard InChI is InChI=1S/C9H12O.C9H10O/c2*1-2-9(10)8-6-4-3-5-7-8/h3-7,9-10H,2H2,1H3;3-7H,2H2,1H3. The molecule has 0 amide bonds. The normalized spacial score (nSPS) is 11.2. The molecule has 0 bridgehead atoms. The molecule has 2 heteroatoms. The first-order valence-corrected chi connectivity index (χ1v) is 7.00. The van der Waals surface area contributed by atoms with Crippen LogP contribution in [0.15, 0.2) is 60.7 Å². The van der Waals surface area contributed by atoms with Crippen molar-refractivity contribution in [3.05, 3.63) is 71.8 Å². The molecule has 0 saturated carbocycles. The molecule has 0 aliphatic carbocycles. The van der Waals surface area contributed by atoms with Gasteiger partial charge in [0.25, 0.3) is 0 Å². The molecule has 0 aliphatic heterocycles. The number of hydrogen-bond acceptors (Lipinski definition) is 2. The first kappa shape index (κ1) is 16.1. The van der Waals surface area contributed by atoms with Crippen LogP contribution in [-0.2, 0) is 0 Å². The highest BCUT2D eigenvalue weighted by Gasteiger charge is 2.01. The lowest BCUT2D eigenvalue weighted by Gasteiger charge is -2.05. The monoisotopic (exact) mass is 270 g/mol. The summed E-state index contributed by atoms with van der Waals surface area (Å²) in [4.78, 5) is 11.0. The highest BCUT2D eigenvalue weighted by molar-refractivity contribution is 5.95. The van der Waals surface area contributed by atoms with Gasteiger partial charge in [0.05, 0.1) is 6.10 Å². The van der Waals surface area contributed by atoms with E-state index in [4.69, 9.17) is 0 Å². The molecule has 0 aromatic heterocycles. The molecule has 20 heavy (non-hydrogen) atoms. The second-order valence-corrected chi connectivity index (χ2v) is 4.48. The first-order valence-electron chi connectivity index (χ1n) is 7.00. The minimum absolute atomic E-state index is 0.209. The molecule has 2 aromatic carbocycles. The topological polar surface area (TPSA) is 37.3 Å². The zero-order chi connectivity index (χ0) is 14.8. The van der Waals surface area contributed by atoms with Gasteiger partial charge in [-0.1, -0.05) is 74.5 Å². The summed E-state index contributed by atoms with van der Waals surface area (Å²) in [6.45, 7) is 3.84. The van der Waals surface area contributed by atoms with Crippen molar-refractivity contribution in [3.63, 3.8) is 0 Å². The van der Waals surface area contributed by atoms with E-state index in [0.717, 1.165) is 17.5 Å². The average molecular weight is 270 g/mol. The van der Waals surface area contributed by atoms with E-state index >= 15 is 0 Å². The molecule has 0 heterocycles. The van der Waals surface area contributed by atoms with Crippen LogP contribution in [0.4, 0.5) is 0 Å². The first-order chi connectivity index (χ1) is 9.69. The molecule has 2 aromatic rings. The Kier molecular flexibility index (Phi) is 7.30. The molecule has 1 atom stereocenters. The number of aliphatic hydroxyl groups excluding tert-OH is 1. The second-order valence-electron chi connectivity index (χ2n) is 4.48. The van der Waals surface area contributed by atoms with E-state index in [9.17, 15) is 9.90 Å². The van der Waals surface area contributed by atoms with Gasteiger partial charge in [-0.05, 0) is 12.0 Å². The Hall–Kier alpha value is -1.93. The average Bonchev–Trinajstić information content (AvgIpc) is 2.55. The van der Waals surface area contributed by atoms with Crippen LogP contribution in [0.2, 0.25) is 0 Å². The van der Waals surface area contributed by atoms with Crippen LogP contribution in [-0.4, -0.2) is 10.9 Å². The van der Waals surface area contributed by atoms with Crippen molar-refractivity contribution in [1.29, 1.82) is 0 Å². The largest absolute Gasteiger partial charge is 0.388 e. The number of benzene rings is 2. The SMILES string of the molecule is CCC(=O)c1ccccc1.CCC(O)c1ccccc1. The lowest BCUT2D eigenvalue weighted by molar-refractivity contribution is 0.0988. The number of carbonyl (C=O) groups is 1. The van der Waals surface area contributed by atoms with Gasteiger partial charge in [0, 0.05) is 12.0 Å². The number of carbonyl (C=O) groups excluding carboxylic acids is 1. The third-order valence-electron chi connectivity index (χ3n) is 2.99. The lowest BCUT2D eigenvalue weighted by atomic mass is 10.1. The number of hydrogen-bond donors (Lipinski definition) is 1. The molecule has 106 valence electrons. The highest BCUT2D eigenvalue weighted by atomic mass is 16.3. The molecule has 2 rings (SSSR count). The van der Waals surface area contributed by atoms with Crippen molar-refractivity contribution in [2.45, 2.75) is 32.8 Å². The summed E-state index contributed by atoms with van der Waals surface area (Å²) < 4.78 is 0. The molecule has 2 nitrogen and oxygen atoms in total. The summed E-state index contributed by atoms with van der Waals surface area (Å²) in [5.74, 6) is 0.209. The fraction of sp³-hybridized carbons (Fsp3) is 0.278. The number of ketones is 1. The van der Waals surface area contributed by atoms with Crippen LogP contribution in [0, 0.1) is 0 Å². The van der Waals surface area contributed by atoms with Crippen LogP contribution < -0.4 is 0 Å². The van der Waals surface area contributed by atoms with Crippen molar-refractivity contribution >= 4 is 5.78 Å². The minimum atomic E-state index is -0.291. The maximum absolute atomic E-state index is 11.0. The van der Waals surface area contributed by atoms with Crippen molar-refractivity contribution in [3.8, 4) is 0 Å². The fourth-order valence-corrected chi connectivity index (χ4v) is 1.74. The van der Waals surface area contributed by atoms with Crippen molar-refractivity contribution < 1.29 is 9.90 Å². The van der Waals surface area contributed by atoms with Gasteiger partial charge in [-0.25, -0.2) is 0 Å². The van der Waals surface area contributed by atoms with Crippen LogP contribution in [0.25, 0.3) is 0 Å². The summed E-state index contributed by atoms with van der Waals surface area (Å²) in [5, 5.41) is 9.33. The van der Waals surface area contributed by atoms with Crippen molar-refractivity contribution in [2.24, 2.45) is 0 Å². The lowest BCUT2D eigenvalue weighted by Crippen LogP contribution is -1.94. The summed E-state index contributed by atoms with van der Waals surface area (Å²) in [6, 6.07) is 19.0. The summed E-state index contributed by atoms with van der Waals surface area (Å²) in [7, 11) is 0. The summed E-state index contributed by atoms with van der Waals surface area (Å²) >= 11 is 0. The Morgan fingerprint density at radius 1 is 0.950 bits per heavy atom. The molecule has 0 fully saturated rings. The Labute approximate surface area is 121 Å². The van der Waals surface area contributed by atoms with Gasteiger partial charge in [0.1, 0.15) is 0 Å². The predicted molar refractivity (Wildman–Crippen MR) is 82.8 cm³/mol. The smallest absolute Gasteiger partial charge is 0.162 e. The van der Waals surface area contributed by atoms with E-state index in [0.29, 0.717) is 6.42 Å². The molecule has 0 spiro atoms. The number of aliphatic hydroxyl groups is 1. The van der Waals surface area contributed by atoms with E-state index < -0.39 is 0 Å². The third kappa shape index (κ3) is 5.37. The molecular weight excluding hydrogens is 248 g/mol. The Balaban J connectivity index is 0.000000200. The quantitative estimate of drug-likeness (QED) is 0.836. The van der Waals surface area contributed by atoms with Crippen molar-refractivity contribution in [1.82, 2.24) is 0 Å². The fourth-order valence-electron chi connectivity index (χ4n) is 1.74. The Morgan fingerprint density at radius 3 is 1.90 bits per heavy atom. The van der Waals surface area contributed by atoms with Gasteiger partial charge in [0.2, 0.25) is 0 Å². The Morgan fingerprint density at radius 2 is 1.45 bits per heavy atom. The van der Waals surface area contributed by atoms with Gasteiger partial charge < -0.3 is 5.11 Å². The molecule has 0 saturated heterocycles. The molecule has 0 aliphatic rings. The van der Waals surface area contributed by atoms with Gasteiger partial charge >= 0.3 is 0 Å². The van der Waals surface area contributed by atoms with Gasteiger partial charge in [0.15, 0.2) is 5.78 Å². The van der Waals surface area contributed by atoms with Gasteiger partial charge in [-0.15, -0.1) is 0 Å². The van der Waals surface area contributed by atoms with Gasteiger partial charge in [-0.2, -0.15) is 0 Å². The second kappa shape index (κ2) is 9.05. The van der Waals surface area contributed by atoms with Crippen LogP contribution >= 0.6 is 0 Å². The van der Waals surface area contributed by atoms with Crippen molar-refractivity contribution in [2.75, 3.05) is 0 Å². The third-order valence-corrected chi connectivity index (χ3v) is 2.99. The van der Waals surface area contributed by atoms with E-state index in [1.165, 1.54) is 0 Å². The van der Waals surface area contributed by atoms with Crippen LogP contribution in [0.3, 0.4) is 0 Å². The minimum Gasteiger partial charge on any atom is -0.388 e. The number of Topliss-reactive ketones (excluding diaryl/α,β-unsaturated/α-hetero) is 1. The zero-order valence-electron chi connectivity index (χ0n) is 12.1. The summed E-state index contributed by atoms with van der Waals surface area (Å²) in [5.41, 5.74) is 1.81. The van der Waals surface area contributed by atoms with E-state index in [-0.39, 0.29) is 11.9 Å². The number of rotatable bonds is 4. The van der Waals surface area contributed by atoms with E-state index in [2.05, 4.69) is 0 Å². The van der Waals surface area contributed by atoms with E-state index in [1.54, 1.807) is 0 Å². The molecule has 0 radical (unpaired) electrons. The van der Waals surface area contributed by atoms with Crippen LogP contribution in [0.1, 0.15) is 48.7 Å². The zero-order valence-corrected chi connectivity index (χ0v) is 12.1. The maximum Gasteiger partial charge on any atom is 0.162 e. The molecule has 1 N–H and O–H groups in total. The molecule has 1 unspecified atom stereocenters.